The van der Waals surface area contributed by atoms with Gasteiger partial charge in [-0.1, -0.05) is 39.0 Å². The lowest BCUT2D eigenvalue weighted by atomic mass is 9.86. The average Bonchev–Trinajstić information content (AvgIpc) is 2.73. The molecule has 1 aromatic carbocycles. The van der Waals surface area contributed by atoms with Crippen LogP contribution in [0.3, 0.4) is 0 Å². The summed E-state index contributed by atoms with van der Waals surface area (Å²) in [6.07, 6.45) is 2.91. The van der Waals surface area contributed by atoms with Gasteiger partial charge in [-0.15, -0.1) is 0 Å². The van der Waals surface area contributed by atoms with Crippen molar-refractivity contribution in [2.24, 2.45) is 0 Å². The van der Waals surface area contributed by atoms with Crippen molar-refractivity contribution in [3.8, 4) is 5.69 Å². The van der Waals surface area contributed by atoms with E-state index >= 15 is 0 Å². The van der Waals surface area contributed by atoms with Gasteiger partial charge in [0.05, 0.1) is 23.3 Å². The van der Waals surface area contributed by atoms with Crippen LogP contribution in [-0.2, 0) is 5.41 Å². The van der Waals surface area contributed by atoms with E-state index in [9.17, 15) is 0 Å². The first-order valence-electron chi connectivity index (χ1n) is 5.95. The highest BCUT2D eigenvalue weighted by Gasteiger charge is 2.24. The molecule has 0 aliphatic carbocycles. The van der Waals surface area contributed by atoms with Gasteiger partial charge in [0.2, 0.25) is 0 Å². The molecule has 0 aliphatic heterocycles. The molecule has 1 heterocycles. The maximum atomic E-state index is 6.06. The molecule has 3 heteroatoms. The van der Waals surface area contributed by atoms with Gasteiger partial charge >= 0.3 is 0 Å². The number of para-hydroxylation sites is 1. The molecule has 0 atom stereocenters. The molecule has 0 aliphatic rings. The van der Waals surface area contributed by atoms with E-state index in [-0.39, 0.29) is 5.41 Å². The number of hydrogen-bond donors (Lipinski definition) is 1. The van der Waals surface area contributed by atoms with Crippen molar-refractivity contribution in [1.82, 2.24) is 9.78 Å². The van der Waals surface area contributed by atoms with Crippen LogP contribution < -0.4 is 5.73 Å². The van der Waals surface area contributed by atoms with Crippen molar-refractivity contribution in [3.05, 3.63) is 42.2 Å². The highest BCUT2D eigenvalue weighted by molar-refractivity contribution is 5.47. The Morgan fingerprint density at radius 1 is 1.24 bits per heavy atom. The van der Waals surface area contributed by atoms with Crippen molar-refractivity contribution in [3.63, 3.8) is 0 Å². The molecular formula is C14H19N3. The van der Waals surface area contributed by atoms with Crippen LogP contribution in [-0.4, -0.2) is 9.78 Å². The lowest BCUT2D eigenvalue weighted by Gasteiger charge is -2.20. The summed E-state index contributed by atoms with van der Waals surface area (Å²) in [6.45, 7) is 6.49. The molecule has 0 saturated heterocycles. The first kappa shape index (κ1) is 11.7. The van der Waals surface area contributed by atoms with Crippen LogP contribution in [0.15, 0.2) is 36.5 Å². The van der Waals surface area contributed by atoms with E-state index in [0.717, 1.165) is 23.5 Å². The quantitative estimate of drug-likeness (QED) is 0.878. The average molecular weight is 229 g/mol. The zero-order chi connectivity index (χ0) is 12.5. The Kier molecular flexibility index (Phi) is 2.92. The van der Waals surface area contributed by atoms with E-state index in [1.165, 1.54) is 0 Å². The minimum atomic E-state index is 0.0180. The Balaban J connectivity index is 2.45. The number of rotatable bonds is 3. The molecule has 2 rings (SSSR count). The first-order valence-corrected chi connectivity index (χ1v) is 5.95. The minimum Gasteiger partial charge on any atom is -0.396 e. The van der Waals surface area contributed by atoms with Crippen molar-refractivity contribution in [1.29, 1.82) is 0 Å². The maximum Gasteiger partial charge on any atom is 0.0914 e. The number of benzene rings is 1. The monoisotopic (exact) mass is 229 g/mol. The van der Waals surface area contributed by atoms with E-state index in [4.69, 9.17) is 5.73 Å². The molecule has 0 saturated carbocycles. The fourth-order valence-electron chi connectivity index (χ4n) is 1.79. The molecule has 90 valence electrons. The van der Waals surface area contributed by atoms with E-state index in [0.29, 0.717) is 0 Å². The topological polar surface area (TPSA) is 43.8 Å². The summed E-state index contributed by atoms with van der Waals surface area (Å²) in [6, 6.07) is 10.0. The standard InChI is InChI=1S/C14H19N3/c1-4-14(2,3)13-12(15)10-17(16-13)11-8-6-5-7-9-11/h5-10H,4,15H2,1-3H3. The number of anilines is 1. The van der Waals surface area contributed by atoms with Crippen molar-refractivity contribution >= 4 is 5.69 Å². The van der Waals surface area contributed by atoms with Crippen LogP contribution in [0.25, 0.3) is 5.69 Å². The van der Waals surface area contributed by atoms with Crippen molar-refractivity contribution < 1.29 is 0 Å². The molecule has 0 bridgehead atoms. The fourth-order valence-corrected chi connectivity index (χ4v) is 1.79. The number of aromatic nitrogens is 2. The molecule has 0 spiro atoms. The zero-order valence-electron chi connectivity index (χ0n) is 10.6. The molecule has 0 amide bonds. The van der Waals surface area contributed by atoms with Crippen molar-refractivity contribution in [2.45, 2.75) is 32.6 Å². The summed E-state index contributed by atoms with van der Waals surface area (Å²) < 4.78 is 1.85. The summed E-state index contributed by atoms with van der Waals surface area (Å²) >= 11 is 0. The van der Waals surface area contributed by atoms with Gasteiger partial charge in [0.15, 0.2) is 0 Å². The summed E-state index contributed by atoms with van der Waals surface area (Å²) in [5, 5.41) is 4.61. The third kappa shape index (κ3) is 2.18. The number of nitrogens with zero attached hydrogens (tertiary/aromatic N) is 2. The Morgan fingerprint density at radius 2 is 1.88 bits per heavy atom. The van der Waals surface area contributed by atoms with Crippen molar-refractivity contribution in [2.75, 3.05) is 5.73 Å². The molecule has 0 unspecified atom stereocenters. The van der Waals surface area contributed by atoms with Crippen LogP contribution in [0, 0.1) is 0 Å². The summed E-state index contributed by atoms with van der Waals surface area (Å²) in [5.41, 5.74) is 8.85. The Morgan fingerprint density at radius 3 is 2.47 bits per heavy atom. The third-order valence-electron chi connectivity index (χ3n) is 3.29. The van der Waals surface area contributed by atoms with Crippen LogP contribution in [0.4, 0.5) is 5.69 Å². The molecular weight excluding hydrogens is 210 g/mol. The Bertz CT molecular complexity index is 497. The highest BCUT2D eigenvalue weighted by Crippen LogP contribution is 2.30. The van der Waals surface area contributed by atoms with Gasteiger partial charge < -0.3 is 5.73 Å². The second-order valence-corrected chi connectivity index (χ2v) is 4.95. The lowest BCUT2D eigenvalue weighted by molar-refractivity contribution is 0.487. The number of nitrogen functional groups attached to an aromatic ring is 1. The first-order chi connectivity index (χ1) is 8.04. The second kappa shape index (κ2) is 4.24. The van der Waals surface area contributed by atoms with E-state index in [1.54, 1.807) is 0 Å². The van der Waals surface area contributed by atoms with Gasteiger partial charge in [-0.2, -0.15) is 5.10 Å². The normalized spacial score (nSPS) is 11.7. The molecule has 2 aromatic rings. The third-order valence-corrected chi connectivity index (χ3v) is 3.29. The van der Waals surface area contributed by atoms with E-state index < -0.39 is 0 Å². The van der Waals surface area contributed by atoms with Crippen LogP contribution in [0.1, 0.15) is 32.9 Å². The summed E-state index contributed by atoms with van der Waals surface area (Å²) in [4.78, 5) is 0. The van der Waals surface area contributed by atoms with E-state index in [1.807, 2.05) is 41.2 Å². The van der Waals surface area contributed by atoms with Gasteiger partial charge in [-0.05, 0) is 18.6 Å². The molecule has 0 radical (unpaired) electrons. The zero-order valence-corrected chi connectivity index (χ0v) is 10.6. The van der Waals surface area contributed by atoms with Crippen LogP contribution in [0.5, 0.6) is 0 Å². The van der Waals surface area contributed by atoms with Crippen LogP contribution in [0.2, 0.25) is 0 Å². The SMILES string of the molecule is CCC(C)(C)c1nn(-c2ccccc2)cc1N. The van der Waals surface area contributed by atoms with Crippen LogP contribution >= 0.6 is 0 Å². The smallest absolute Gasteiger partial charge is 0.0914 e. The Labute approximate surface area is 102 Å². The molecule has 1 aromatic heterocycles. The van der Waals surface area contributed by atoms with E-state index in [2.05, 4.69) is 25.9 Å². The number of hydrogen-bond acceptors (Lipinski definition) is 2. The molecule has 3 nitrogen and oxygen atoms in total. The predicted octanol–water partition coefficient (Wildman–Crippen LogP) is 3.14. The minimum absolute atomic E-state index is 0.0180. The lowest BCUT2D eigenvalue weighted by Crippen LogP contribution is -2.18. The summed E-state index contributed by atoms with van der Waals surface area (Å²) in [7, 11) is 0. The largest absolute Gasteiger partial charge is 0.396 e. The maximum absolute atomic E-state index is 6.06. The summed E-state index contributed by atoms with van der Waals surface area (Å²) in [5.74, 6) is 0. The molecule has 17 heavy (non-hydrogen) atoms. The molecule has 0 fully saturated rings. The van der Waals surface area contributed by atoms with Gasteiger partial charge in [-0.25, -0.2) is 4.68 Å². The van der Waals surface area contributed by atoms with Gasteiger partial charge in [0.25, 0.3) is 0 Å². The second-order valence-electron chi connectivity index (χ2n) is 4.95. The number of nitrogens with two attached hydrogens (primary N) is 1. The highest BCUT2D eigenvalue weighted by atomic mass is 15.3. The Hall–Kier alpha value is -1.77. The predicted molar refractivity (Wildman–Crippen MR) is 71.3 cm³/mol. The molecule has 2 N–H and O–H groups in total. The van der Waals surface area contributed by atoms with Gasteiger partial charge in [0, 0.05) is 5.41 Å². The van der Waals surface area contributed by atoms with Gasteiger partial charge in [-0.3, -0.25) is 0 Å². The van der Waals surface area contributed by atoms with Gasteiger partial charge in [0.1, 0.15) is 0 Å². The fraction of sp³-hybridized carbons (Fsp3) is 0.357.